The minimum Gasteiger partial charge on any atom is -0.481 e. The third-order valence-electron chi connectivity index (χ3n) is 7.59. The summed E-state index contributed by atoms with van der Waals surface area (Å²) in [4.78, 5) is 24.1. The maximum absolute atomic E-state index is 12.1. The Morgan fingerprint density at radius 3 is 2.64 bits per heavy atom. The molecule has 4 aliphatic rings. The van der Waals surface area contributed by atoms with Gasteiger partial charge in [0.25, 0.3) is 0 Å². The van der Waals surface area contributed by atoms with E-state index in [0.29, 0.717) is 24.3 Å². The van der Waals surface area contributed by atoms with E-state index in [1.807, 2.05) is 0 Å². The number of fused-ring (bicyclic) bond motifs is 4. The average Bonchev–Trinajstić information content (AvgIpc) is 2.85. The first-order valence-electron chi connectivity index (χ1n) is 9.30. The molecule has 4 unspecified atom stereocenters. The average molecular weight is 342 g/mol. The lowest BCUT2D eigenvalue weighted by Crippen LogP contribution is -2.48. The van der Waals surface area contributed by atoms with E-state index in [-0.39, 0.29) is 16.6 Å². The van der Waals surface area contributed by atoms with Gasteiger partial charge in [-0.2, -0.15) is 0 Å². The van der Waals surface area contributed by atoms with E-state index in [1.165, 1.54) is 6.08 Å². The van der Waals surface area contributed by atoms with E-state index in [9.17, 15) is 19.8 Å². The predicted molar refractivity (Wildman–Crippen MR) is 93.8 cm³/mol. The van der Waals surface area contributed by atoms with E-state index < -0.39 is 18.0 Å². The molecule has 0 aromatic carbocycles. The molecule has 25 heavy (non-hydrogen) atoms. The standard InChI is InChI=1S/C21H26O4/c1-11-4-5-13-16-14(7-9-20(11,13)2)21(3)8-6-12(22)10-15(21)18(23)17(16)19(24)25/h5,10-11,17-18,23H,4,6-9H2,1-3H3,(H,24,25)/t11?,17?,18-,20?,21?/m0/s1. The van der Waals surface area contributed by atoms with Crippen molar-refractivity contribution in [3.8, 4) is 0 Å². The van der Waals surface area contributed by atoms with Gasteiger partial charge in [-0.1, -0.05) is 32.4 Å². The molecule has 0 bridgehead atoms. The zero-order valence-corrected chi connectivity index (χ0v) is 15.1. The van der Waals surface area contributed by atoms with Crippen LogP contribution in [0.25, 0.3) is 0 Å². The molecule has 4 rings (SSSR count). The van der Waals surface area contributed by atoms with Crippen LogP contribution in [0.2, 0.25) is 0 Å². The zero-order chi connectivity index (χ0) is 18.1. The fraction of sp³-hybridized carbons (Fsp3) is 0.619. The number of carboxylic acid groups (broad SMARTS) is 1. The highest BCUT2D eigenvalue weighted by atomic mass is 16.4. The number of carbonyl (C=O) groups is 2. The molecule has 0 aromatic rings. The Morgan fingerprint density at radius 2 is 1.96 bits per heavy atom. The quantitative estimate of drug-likeness (QED) is 0.766. The Kier molecular flexibility index (Phi) is 3.46. The molecule has 4 nitrogen and oxygen atoms in total. The van der Waals surface area contributed by atoms with Crippen molar-refractivity contribution in [2.24, 2.45) is 22.7 Å². The second-order valence-corrected chi connectivity index (χ2v) is 8.72. The van der Waals surface area contributed by atoms with E-state index in [0.717, 1.165) is 36.0 Å². The van der Waals surface area contributed by atoms with Gasteiger partial charge in [0, 0.05) is 11.8 Å². The van der Waals surface area contributed by atoms with Gasteiger partial charge in [0.1, 0.15) is 5.92 Å². The first-order valence-corrected chi connectivity index (χ1v) is 9.30. The van der Waals surface area contributed by atoms with Crippen molar-refractivity contribution in [1.82, 2.24) is 0 Å². The molecule has 0 fully saturated rings. The molecule has 0 amide bonds. The molecule has 2 N–H and O–H groups in total. The minimum absolute atomic E-state index is 0.00549. The van der Waals surface area contributed by atoms with Gasteiger partial charge in [0.2, 0.25) is 0 Å². The van der Waals surface area contributed by atoms with Crippen LogP contribution >= 0.6 is 0 Å². The van der Waals surface area contributed by atoms with Crippen LogP contribution in [0.3, 0.4) is 0 Å². The summed E-state index contributed by atoms with van der Waals surface area (Å²) in [7, 11) is 0. The van der Waals surface area contributed by atoms with Crippen molar-refractivity contribution in [2.45, 2.75) is 59.0 Å². The Bertz CT molecular complexity index is 771. The van der Waals surface area contributed by atoms with Gasteiger partial charge in [-0.3, -0.25) is 9.59 Å². The predicted octanol–water partition coefficient (Wildman–Crippen LogP) is 3.42. The zero-order valence-electron chi connectivity index (χ0n) is 15.1. The minimum atomic E-state index is -1.12. The number of hydrogen-bond donors (Lipinski definition) is 2. The molecular formula is C21H26O4. The number of rotatable bonds is 1. The number of ketones is 1. The fourth-order valence-electron chi connectivity index (χ4n) is 5.72. The highest BCUT2D eigenvalue weighted by molar-refractivity contribution is 5.93. The molecule has 0 spiro atoms. The SMILES string of the molecule is CC1CC=C2C3=C(CCC21C)C1(C)CCC(=O)C=C1[C@H](O)C3C(=O)O. The molecule has 0 heterocycles. The molecule has 4 heteroatoms. The van der Waals surface area contributed by atoms with Gasteiger partial charge in [-0.15, -0.1) is 0 Å². The maximum Gasteiger partial charge on any atom is 0.313 e. The summed E-state index contributed by atoms with van der Waals surface area (Å²) >= 11 is 0. The topological polar surface area (TPSA) is 74.6 Å². The number of allylic oxidation sites excluding steroid dienone is 4. The van der Waals surface area contributed by atoms with E-state index >= 15 is 0 Å². The van der Waals surface area contributed by atoms with Gasteiger partial charge in [0.05, 0.1) is 6.10 Å². The molecule has 5 atom stereocenters. The lowest BCUT2D eigenvalue weighted by Gasteiger charge is -2.52. The van der Waals surface area contributed by atoms with Crippen LogP contribution in [0, 0.1) is 22.7 Å². The van der Waals surface area contributed by atoms with Crippen LogP contribution < -0.4 is 0 Å². The van der Waals surface area contributed by atoms with Crippen LogP contribution in [0.4, 0.5) is 0 Å². The number of aliphatic hydroxyl groups is 1. The van der Waals surface area contributed by atoms with Crippen molar-refractivity contribution in [2.75, 3.05) is 0 Å². The highest BCUT2D eigenvalue weighted by Crippen LogP contribution is 2.63. The van der Waals surface area contributed by atoms with Crippen molar-refractivity contribution < 1.29 is 19.8 Å². The van der Waals surface area contributed by atoms with Gasteiger partial charge in [0.15, 0.2) is 5.78 Å². The smallest absolute Gasteiger partial charge is 0.313 e. The summed E-state index contributed by atoms with van der Waals surface area (Å²) in [5, 5.41) is 20.9. The Hall–Kier alpha value is -1.68. The van der Waals surface area contributed by atoms with Gasteiger partial charge < -0.3 is 10.2 Å². The van der Waals surface area contributed by atoms with Crippen LogP contribution in [0.5, 0.6) is 0 Å². The lowest BCUT2D eigenvalue weighted by atomic mass is 9.52. The van der Waals surface area contributed by atoms with Crippen molar-refractivity contribution >= 4 is 11.8 Å². The van der Waals surface area contributed by atoms with Crippen LogP contribution in [-0.2, 0) is 9.59 Å². The third-order valence-corrected chi connectivity index (χ3v) is 7.59. The van der Waals surface area contributed by atoms with Crippen LogP contribution in [-0.4, -0.2) is 28.1 Å². The number of carbonyl (C=O) groups excluding carboxylic acids is 1. The third kappa shape index (κ3) is 2.03. The Labute approximate surface area is 148 Å². The molecule has 0 aromatic heterocycles. The van der Waals surface area contributed by atoms with Crippen LogP contribution in [0.15, 0.2) is 34.4 Å². The maximum atomic E-state index is 12.1. The summed E-state index contributed by atoms with van der Waals surface area (Å²) in [6, 6.07) is 0. The summed E-state index contributed by atoms with van der Waals surface area (Å²) in [6.45, 7) is 6.56. The number of carboxylic acids is 1. The second-order valence-electron chi connectivity index (χ2n) is 8.72. The van der Waals surface area contributed by atoms with Gasteiger partial charge >= 0.3 is 5.97 Å². The van der Waals surface area contributed by atoms with Crippen molar-refractivity contribution in [1.29, 1.82) is 0 Å². The molecular weight excluding hydrogens is 316 g/mol. The van der Waals surface area contributed by atoms with E-state index in [2.05, 4.69) is 26.8 Å². The Morgan fingerprint density at radius 1 is 1.24 bits per heavy atom. The van der Waals surface area contributed by atoms with E-state index in [4.69, 9.17) is 0 Å². The fourth-order valence-corrected chi connectivity index (χ4v) is 5.72. The van der Waals surface area contributed by atoms with Crippen molar-refractivity contribution in [3.63, 3.8) is 0 Å². The first kappa shape index (κ1) is 16.8. The van der Waals surface area contributed by atoms with Crippen molar-refractivity contribution in [3.05, 3.63) is 34.4 Å². The normalized spacial score (nSPS) is 43.0. The monoisotopic (exact) mass is 342 g/mol. The largest absolute Gasteiger partial charge is 0.481 e. The second kappa shape index (κ2) is 5.16. The molecule has 0 radical (unpaired) electrons. The molecule has 0 saturated carbocycles. The summed E-state index contributed by atoms with van der Waals surface area (Å²) in [5.41, 5.74) is 3.39. The highest BCUT2D eigenvalue weighted by Gasteiger charge is 2.56. The van der Waals surface area contributed by atoms with E-state index in [1.54, 1.807) is 0 Å². The molecule has 134 valence electrons. The lowest BCUT2D eigenvalue weighted by molar-refractivity contribution is -0.144. The number of hydrogen-bond acceptors (Lipinski definition) is 3. The Balaban J connectivity index is 1.98. The summed E-state index contributed by atoms with van der Waals surface area (Å²) in [5.74, 6) is -1.48. The number of aliphatic carboxylic acids is 1. The van der Waals surface area contributed by atoms with Gasteiger partial charge in [-0.25, -0.2) is 0 Å². The molecule has 4 aliphatic carbocycles. The first-order chi connectivity index (χ1) is 11.7. The molecule has 0 aliphatic heterocycles. The summed E-state index contributed by atoms with van der Waals surface area (Å²) in [6.07, 6.45) is 6.56. The number of aliphatic hydroxyl groups excluding tert-OH is 1. The molecule has 0 saturated heterocycles. The summed E-state index contributed by atoms with van der Waals surface area (Å²) < 4.78 is 0. The van der Waals surface area contributed by atoms with Crippen LogP contribution in [0.1, 0.15) is 52.9 Å². The van der Waals surface area contributed by atoms with Gasteiger partial charge in [-0.05, 0) is 59.8 Å².